The Kier molecular flexibility index (Phi) is 6.69. The second-order valence-electron chi connectivity index (χ2n) is 12.2. The zero-order valence-electron chi connectivity index (χ0n) is 26.4. The highest BCUT2D eigenvalue weighted by Crippen LogP contribution is 2.42. The fraction of sp³-hybridized carbons (Fsp3) is 0. The molecule has 2 aromatic heterocycles. The molecule has 0 aliphatic rings. The summed E-state index contributed by atoms with van der Waals surface area (Å²) in [6.07, 6.45) is 1.75. The molecule has 2 heterocycles. The summed E-state index contributed by atoms with van der Waals surface area (Å²) in [5.41, 5.74) is 10.9. The first-order chi connectivity index (χ1) is 24.2. The lowest BCUT2D eigenvalue weighted by atomic mass is 10.1. The van der Waals surface area contributed by atoms with E-state index in [0.717, 1.165) is 84.6 Å². The minimum Gasteiger partial charge on any atom is -0.310 e. The summed E-state index contributed by atoms with van der Waals surface area (Å²) in [6, 6.07) is 56.2. The summed E-state index contributed by atoms with van der Waals surface area (Å²) in [7, 11) is 0. The number of carbonyl (C=O) groups excluding carboxylic acids is 2. The second kappa shape index (κ2) is 11.5. The van der Waals surface area contributed by atoms with Crippen molar-refractivity contribution in [2.45, 2.75) is 0 Å². The zero-order chi connectivity index (χ0) is 32.9. The lowest BCUT2D eigenvalue weighted by Gasteiger charge is -2.26. The summed E-state index contributed by atoms with van der Waals surface area (Å²) in [4.78, 5) is 25.0. The molecule has 0 unspecified atom stereocenters. The summed E-state index contributed by atoms with van der Waals surface area (Å²) < 4.78 is 4.52. The van der Waals surface area contributed by atoms with Crippen molar-refractivity contribution in [1.82, 2.24) is 9.13 Å². The van der Waals surface area contributed by atoms with Gasteiger partial charge in [-0.2, -0.15) is 0 Å². The predicted octanol–water partition coefficient (Wildman–Crippen LogP) is 11.0. The quantitative estimate of drug-likeness (QED) is 0.164. The molecule has 9 aromatic rings. The number of fused-ring (bicyclic) bond motifs is 6. The van der Waals surface area contributed by atoms with E-state index in [1.54, 1.807) is 0 Å². The van der Waals surface area contributed by atoms with E-state index in [1.807, 2.05) is 54.6 Å². The van der Waals surface area contributed by atoms with Crippen LogP contribution in [-0.2, 0) is 0 Å². The van der Waals surface area contributed by atoms with Crippen LogP contribution in [0.1, 0.15) is 20.7 Å². The van der Waals surface area contributed by atoms with Gasteiger partial charge in [-0.05, 0) is 109 Å². The van der Waals surface area contributed by atoms with Crippen LogP contribution in [0, 0.1) is 0 Å². The minimum absolute atomic E-state index is 0.654. The van der Waals surface area contributed by atoms with E-state index in [1.165, 1.54) is 0 Å². The third kappa shape index (κ3) is 4.63. The second-order valence-corrected chi connectivity index (χ2v) is 12.2. The maximum Gasteiger partial charge on any atom is 0.150 e. The van der Waals surface area contributed by atoms with Crippen molar-refractivity contribution in [3.05, 3.63) is 175 Å². The first-order valence-corrected chi connectivity index (χ1v) is 16.2. The molecule has 232 valence electrons. The molecule has 0 bridgehead atoms. The van der Waals surface area contributed by atoms with Crippen LogP contribution in [-0.4, -0.2) is 21.7 Å². The van der Waals surface area contributed by atoms with Crippen molar-refractivity contribution in [1.29, 1.82) is 0 Å². The normalized spacial score (nSPS) is 11.4. The Morgan fingerprint density at radius 3 is 1.22 bits per heavy atom. The third-order valence-electron chi connectivity index (χ3n) is 9.42. The van der Waals surface area contributed by atoms with Gasteiger partial charge in [0, 0.05) is 61.1 Å². The molecule has 0 saturated carbocycles. The van der Waals surface area contributed by atoms with Crippen molar-refractivity contribution in [2.24, 2.45) is 0 Å². The van der Waals surface area contributed by atoms with Crippen LogP contribution in [0.25, 0.3) is 55.0 Å². The van der Waals surface area contributed by atoms with Crippen molar-refractivity contribution in [3.8, 4) is 11.4 Å². The van der Waals surface area contributed by atoms with Crippen molar-refractivity contribution in [3.63, 3.8) is 0 Å². The molecule has 5 heteroatoms. The zero-order valence-corrected chi connectivity index (χ0v) is 26.4. The largest absolute Gasteiger partial charge is 0.310 e. The molecule has 0 saturated heterocycles. The Hall–Kier alpha value is -6.72. The Balaban J connectivity index is 1.25. The number of aromatic nitrogens is 2. The topological polar surface area (TPSA) is 47.2 Å². The van der Waals surface area contributed by atoms with Crippen LogP contribution in [0.3, 0.4) is 0 Å². The highest BCUT2D eigenvalue weighted by molar-refractivity contribution is 6.12. The number of rotatable bonds is 7. The van der Waals surface area contributed by atoms with Gasteiger partial charge in [-0.15, -0.1) is 0 Å². The molecule has 0 atom stereocenters. The highest BCUT2D eigenvalue weighted by atomic mass is 16.1. The van der Waals surface area contributed by atoms with E-state index in [4.69, 9.17) is 0 Å². The number of hydrogen-bond donors (Lipinski definition) is 0. The lowest BCUT2D eigenvalue weighted by molar-refractivity contribution is 0.111. The number of hydrogen-bond acceptors (Lipinski definition) is 3. The van der Waals surface area contributed by atoms with E-state index < -0.39 is 0 Å². The third-order valence-corrected chi connectivity index (χ3v) is 9.42. The number of nitrogens with zero attached hydrogens (tertiary/aromatic N) is 3. The Morgan fingerprint density at radius 1 is 0.367 bits per heavy atom. The molecule has 0 amide bonds. The van der Waals surface area contributed by atoms with Gasteiger partial charge < -0.3 is 14.0 Å². The van der Waals surface area contributed by atoms with Gasteiger partial charge in [0.05, 0.1) is 22.1 Å². The summed E-state index contributed by atoms with van der Waals surface area (Å²) in [5.74, 6) is 0. The van der Waals surface area contributed by atoms with E-state index >= 15 is 0 Å². The SMILES string of the molecule is O=Cc1ccc(-n2c3ccccc3c3cc(N(c4ccccc4)c4ccc5c(c4)c4ccccc4n5-c4ccc(C=O)cc4)ccc32)cc1. The van der Waals surface area contributed by atoms with Crippen molar-refractivity contribution < 1.29 is 9.59 Å². The van der Waals surface area contributed by atoms with Crippen LogP contribution in [0.2, 0.25) is 0 Å². The molecule has 49 heavy (non-hydrogen) atoms. The Morgan fingerprint density at radius 2 is 0.776 bits per heavy atom. The maximum atomic E-state index is 11.4. The van der Waals surface area contributed by atoms with Crippen LogP contribution < -0.4 is 4.90 Å². The first-order valence-electron chi connectivity index (χ1n) is 16.2. The Labute approximate surface area is 282 Å². The van der Waals surface area contributed by atoms with Crippen molar-refractivity contribution >= 4 is 73.2 Å². The van der Waals surface area contributed by atoms with Gasteiger partial charge in [-0.3, -0.25) is 9.59 Å². The van der Waals surface area contributed by atoms with Crippen LogP contribution in [0.15, 0.2) is 164 Å². The molecular weight excluding hydrogens is 603 g/mol. The number of benzene rings is 7. The number of carbonyl (C=O) groups is 2. The molecule has 0 N–H and O–H groups in total. The van der Waals surface area contributed by atoms with E-state index in [-0.39, 0.29) is 0 Å². The average Bonchev–Trinajstić information content (AvgIpc) is 3.68. The monoisotopic (exact) mass is 631 g/mol. The maximum absolute atomic E-state index is 11.4. The van der Waals surface area contributed by atoms with Gasteiger partial charge in [0.15, 0.2) is 0 Å². The fourth-order valence-electron chi connectivity index (χ4n) is 7.18. The van der Waals surface area contributed by atoms with Gasteiger partial charge in [-0.1, -0.05) is 54.6 Å². The van der Waals surface area contributed by atoms with E-state index in [2.05, 4.69) is 123 Å². The summed E-state index contributed by atoms with van der Waals surface area (Å²) >= 11 is 0. The molecule has 0 spiro atoms. The van der Waals surface area contributed by atoms with Crippen LogP contribution >= 0.6 is 0 Å². The summed E-state index contributed by atoms with van der Waals surface area (Å²) in [5, 5.41) is 4.60. The summed E-state index contributed by atoms with van der Waals surface area (Å²) in [6.45, 7) is 0. The molecule has 5 nitrogen and oxygen atoms in total. The number of aldehydes is 2. The molecule has 0 radical (unpaired) electrons. The lowest BCUT2D eigenvalue weighted by Crippen LogP contribution is -2.09. The molecule has 0 aliphatic heterocycles. The van der Waals surface area contributed by atoms with Gasteiger partial charge >= 0.3 is 0 Å². The average molecular weight is 632 g/mol. The Bertz CT molecular complexity index is 2520. The van der Waals surface area contributed by atoms with Gasteiger partial charge in [-0.25, -0.2) is 0 Å². The predicted molar refractivity (Wildman–Crippen MR) is 201 cm³/mol. The van der Waals surface area contributed by atoms with Gasteiger partial charge in [0.25, 0.3) is 0 Å². The molecule has 0 aliphatic carbocycles. The number of anilines is 3. The number of para-hydroxylation sites is 3. The van der Waals surface area contributed by atoms with E-state index in [0.29, 0.717) is 11.1 Å². The highest BCUT2D eigenvalue weighted by Gasteiger charge is 2.19. The molecule has 0 fully saturated rings. The standard InChI is InChI=1S/C44H29N3O2/c48-28-30-14-18-33(19-15-30)46-41-12-6-4-10-37(41)39-26-35(22-24-43(39)46)45(32-8-2-1-3-9-32)36-23-25-44-40(27-36)38-11-5-7-13-42(38)47(44)34-20-16-31(29-49)17-21-34/h1-29H. The first kappa shape index (κ1) is 28.5. The van der Waals surface area contributed by atoms with Gasteiger partial charge in [0.2, 0.25) is 0 Å². The van der Waals surface area contributed by atoms with Gasteiger partial charge in [0.1, 0.15) is 12.6 Å². The van der Waals surface area contributed by atoms with Crippen LogP contribution in [0.5, 0.6) is 0 Å². The molecule has 9 rings (SSSR count). The molecule has 7 aromatic carbocycles. The van der Waals surface area contributed by atoms with Crippen molar-refractivity contribution in [2.75, 3.05) is 4.90 Å². The molecular formula is C44H29N3O2. The minimum atomic E-state index is 0.654. The van der Waals surface area contributed by atoms with Crippen LogP contribution in [0.4, 0.5) is 17.1 Å². The van der Waals surface area contributed by atoms with E-state index in [9.17, 15) is 9.59 Å². The smallest absolute Gasteiger partial charge is 0.150 e. The fourth-order valence-corrected chi connectivity index (χ4v) is 7.18.